The summed E-state index contributed by atoms with van der Waals surface area (Å²) in [6.45, 7) is 0.525. The third-order valence-corrected chi connectivity index (χ3v) is 2.32. The van der Waals surface area contributed by atoms with Crippen LogP contribution in [0.4, 0.5) is 0 Å². The van der Waals surface area contributed by atoms with Crippen LogP contribution in [0.15, 0.2) is 12.2 Å². The molecule has 1 aliphatic carbocycles. The lowest BCUT2D eigenvalue weighted by Crippen LogP contribution is -2.45. The molecule has 0 aliphatic heterocycles. The third kappa shape index (κ3) is 3.47. The molecular formula is C10H18N2O2. The predicted molar refractivity (Wildman–Crippen MR) is 54.8 cm³/mol. The van der Waals surface area contributed by atoms with Gasteiger partial charge in [0.15, 0.2) is 0 Å². The molecule has 0 fully saturated rings. The van der Waals surface area contributed by atoms with Crippen molar-refractivity contribution in [2.45, 2.75) is 31.3 Å². The molecule has 1 rings (SSSR count). The average Bonchev–Trinajstić information content (AvgIpc) is 2.66. The molecule has 0 aromatic rings. The Morgan fingerprint density at radius 2 is 2.29 bits per heavy atom. The molecule has 1 amide bonds. The quantitative estimate of drug-likeness (QED) is 0.620. The van der Waals surface area contributed by atoms with Crippen molar-refractivity contribution in [1.29, 1.82) is 0 Å². The number of nitrogens with two attached hydrogens (primary N) is 1. The van der Waals surface area contributed by atoms with E-state index in [0.717, 1.165) is 12.8 Å². The summed E-state index contributed by atoms with van der Waals surface area (Å²) >= 11 is 0. The number of rotatable bonds is 5. The van der Waals surface area contributed by atoms with E-state index in [1.54, 1.807) is 7.11 Å². The van der Waals surface area contributed by atoms with Crippen molar-refractivity contribution in [1.82, 2.24) is 5.32 Å². The molecule has 80 valence electrons. The summed E-state index contributed by atoms with van der Waals surface area (Å²) in [6.07, 6.45) is 6.56. The second-order valence-corrected chi connectivity index (χ2v) is 3.54. The minimum absolute atomic E-state index is 0.0734. The van der Waals surface area contributed by atoms with Crippen LogP contribution in [0, 0.1) is 0 Å². The first-order valence-corrected chi connectivity index (χ1v) is 4.94. The van der Waals surface area contributed by atoms with Gasteiger partial charge in [-0.1, -0.05) is 12.2 Å². The predicted octanol–water partition coefficient (Wildman–Crippen LogP) is 0.185. The SMILES string of the molecule is COCCC(N)C(=O)NC1CC=CC1. The summed E-state index contributed by atoms with van der Waals surface area (Å²) < 4.78 is 4.86. The van der Waals surface area contributed by atoms with E-state index in [9.17, 15) is 4.79 Å². The van der Waals surface area contributed by atoms with Gasteiger partial charge in [-0.05, 0) is 19.3 Å². The van der Waals surface area contributed by atoms with Crippen LogP contribution in [0.3, 0.4) is 0 Å². The number of carbonyl (C=O) groups is 1. The molecule has 3 N–H and O–H groups in total. The van der Waals surface area contributed by atoms with Crippen LogP contribution in [-0.2, 0) is 9.53 Å². The summed E-state index contributed by atoms with van der Waals surface area (Å²) in [4.78, 5) is 11.5. The number of amides is 1. The molecule has 0 spiro atoms. The molecule has 0 heterocycles. The standard InChI is InChI=1S/C10H18N2O2/c1-14-7-6-9(11)10(13)12-8-4-2-3-5-8/h2-3,8-9H,4-7,11H2,1H3,(H,12,13). The van der Waals surface area contributed by atoms with Crippen molar-refractivity contribution < 1.29 is 9.53 Å². The van der Waals surface area contributed by atoms with Crippen molar-refractivity contribution in [2.24, 2.45) is 5.73 Å². The summed E-state index contributed by atoms with van der Waals surface area (Å²) in [6, 6.07) is -0.202. The van der Waals surface area contributed by atoms with E-state index in [1.165, 1.54) is 0 Å². The van der Waals surface area contributed by atoms with E-state index in [0.29, 0.717) is 13.0 Å². The lowest BCUT2D eigenvalue weighted by atomic mass is 10.2. The first-order chi connectivity index (χ1) is 6.74. The van der Waals surface area contributed by atoms with Gasteiger partial charge in [0.2, 0.25) is 5.91 Å². The Labute approximate surface area is 84.5 Å². The van der Waals surface area contributed by atoms with Gasteiger partial charge >= 0.3 is 0 Å². The Morgan fingerprint density at radius 3 is 2.86 bits per heavy atom. The van der Waals surface area contributed by atoms with Gasteiger partial charge in [0.05, 0.1) is 6.04 Å². The zero-order valence-corrected chi connectivity index (χ0v) is 8.53. The van der Waals surface area contributed by atoms with Gasteiger partial charge in [0.1, 0.15) is 0 Å². The highest BCUT2D eigenvalue weighted by Crippen LogP contribution is 2.09. The smallest absolute Gasteiger partial charge is 0.237 e. The number of hydrogen-bond acceptors (Lipinski definition) is 3. The summed E-state index contributed by atoms with van der Waals surface area (Å²) in [5.41, 5.74) is 5.67. The molecule has 4 heteroatoms. The van der Waals surface area contributed by atoms with Crippen LogP contribution in [0.1, 0.15) is 19.3 Å². The highest BCUT2D eigenvalue weighted by molar-refractivity contribution is 5.81. The maximum Gasteiger partial charge on any atom is 0.237 e. The third-order valence-electron chi connectivity index (χ3n) is 2.32. The van der Waals surface area contributed by atoms with Crippen molar-refractivity contribution in [2.75, 3.05) is 13.7 Å². The number of carbonyl (C=O) groups excluding carboxylic acids is 1. The number of hydrogen-bond donors (Lipinski definition) is 2. The van der Waals surface area contributed by atoms with E-state index in [1.807, 2.05) is 0 Å². The first kappa shape index (κ1) is 11.2. The highest BCUT2D eigenvalue weighted by atomic mass is 16.5. The van der Waals surface area contributed by atoms with Gasteiger partial charge in [-0.2, -0.15) is 0 Å². The fourth-order valence-corrected chi connectivity index (χ4v) is 1.42. The Balaban J connectivity index is 2.19. The van der Waals surface area contributed by atoms with Gasteiger partial charge in [0, 0.05) is 19.8 Å². The molecule has 1 unspecified atom stereocenters. The van der Waals surface area contributed by atoms with Crippen LogP contribution in [0.5, 0.6) is 0 Å². The van der Waals surface area contributed by atoms with E-state index in [4.69, 9.17) is 10.5 Å². The monoisotopic (exact) mass is 198 g/mol. The highest BCUT2D eigenvalue weighted by Gasteiger charge is 2.17. The number of methoxy groups -OCH3 is 1. The van der Waals surface area contributed by atoms with Crippen LogP contribution >= 0.6 is 0 Å². The molecule has 4 nitrogen and oxygen atoms in total. The van der Waals surface area contributed by atoms with E-state index in [-0.39, 0.29) is 11.9 Å². The van der Waals surface area contributed by atoms with Crippen LogP contribution < -0.4 is 11.1 Å². The van der Waals surface area contributed by atoms with Gasteiger partial charge in [0.25, 0.3) is 0 Å². The van der Waals surface area contributed by atoms with Crippen molar-refractivity contribution in [3.05, 3.63) is 12.2 Å². The minimum atomic E-state index is -0.449. The Hall–Kier alpha value is -0.870. The second-order valence-electron chi connectivity index (χ2n) is 3.54. The zero-order valence-electron chi connectivity index (χ0n) is 8.53. The molecule has 0 aromatic carbocycles. The normalized spacial score (nSPS) is 18.4. The van der Waals surface area contributed by atoms with E-state index in [2.05, 4.69) is 17.5 Å². The number of ether oxygens (including phenoxy) is 1. The van der Waals surface area contributed by atoms with Gasteiger partial charge in [-0.15, -0.1) is 0 Å². The van der Waals surface area contributed by atoms with E-state index < -0.39 is 6.04 Å². The largest absolute Gasteiger partial charge is 0.385 e. The molecule has 0 saturated heterocycles. The number of nitrogens with one attached hydrogen (secondary N) is 1. The first-order valence-electron chi connectivity index (χ1n) is 4.94. The van der Waals surface area contributed by atoms with Gasteiger partial charge in [-0.3, -0.25) is 4.79 Å². The Morgan fingerprint density at radius 1 is 1.64 bits per heavy atom. The van der Waals surface area contributed by atoms with Crippen LogP contribution in [0.25, 0.3) is 0 Å². The van der Waals surface area contributed by atoms with Crippen molar-refractivity contribution >= 4 is 5.91 Å². The zero-order chi connectivity index (χ0) is 10.4. The van der Waals surface area contributed by atoms with Crippen molar-refractivity contribution in [3.8, 4) is 0 Å². The fraction of sp³-hybridized carbons (Fsp3) is 0.700. The average molecular weight is 198 g/mol. The lowest BCUT2D eigenvalue weighted by Gasteiger charge is -2.16. The van der Waals surface area contributed by atoms with Gasteiger partial charge < -0.3 is 15.8 Å². The van der Waals surface area contributed by atoms with E-state index >= 15 is 0 Å². The Bertz CT molecular complexity index is 208. The topological polar surface area (TPSA) is 64.3 Å². The lowest BCUT2D eigenvalue weighted by molar-refractivity contribution is -0.123. The minimum Gasteiger partial charge on any atom is -0.385 e. The molecule has 0 bridgehead atoms. The summed E-state index contributed by atoms with van der Waals surface area (Å²) in [5, 5.41) is 2.91. The molecule has 1 aliphatic rings. The molecule has 0 aromatic heterocycles. The second kappa shape index (κ2) is 5.78. The van der Waals surface area contributed by atoms with Crippen molar-refractivity contribution in [3.63, 3.8) is 0 Å². The molecule has 1 atom stereocenters. The summed E-state index contributed by atoms with van der Waals surface area (Å²) in [7, 11) is 1.60. The molecule has 0 saturated carbocycles. The molecular weight excluding hydrogens is 180 g/mol. The maximum atomic E-state index is 11.5. The van der Waals surface area contributed by atoms with Crippen LogP contribution in [0.2, 0.25) is 0 Å². The maximum absolute atomic E-state index is 11.5. The fourth-order valence-electron chi connectivity index (χ4n) is 1.42. The molecule has 14 heavy (non-hydrogen) atoms. The molecule has 0 radical (unpaired) electrons. The Kier molecular flexibility index (Phi) is 4.62. The summed E-state index contributed by atoms with van der Waals surface area (Å²) in [5.74, 6) is -0.0734. The van der Waals surface area contributed by atoms with Gasteiger partial charge in [-0.25, -0.2) is 0 Å². The van der Waals surface area contributed by atoms with Crippen LogP contribution in [-0.4, -0.2) is 31.7 Å².